The highest BCUT2D eigenvalue weighted by Gasteiger charge is 2.42. The van der Waals surface area contributed by atoms with Crippen LogP contribution in [0.4, 0.5) is 13.2 Å². The van der Waals surface area contributed by atoms with Gasteiger partial charge in [0.25, 0.3) is 0 Å². The number of hydrogen-bond donors (Lipinski definition) is 1. The normalized spacial score (nSPS) is 19.8. The SMILES string of the molecule is O=C(O)C[C@H]1CN(C(=O)C[C@H](c2ccccc2)C(F)(F)F)CCO1. The van der Waals surface area contributed by atoms with Crippen LogP contribution in [0, 0.1) is 0 Å². The minimum Gasteiger partial charge on any atom is -0.481 e. The van der Waals surface area contributed by atoms with Gasteiger partial charge in [-0.25, -0.2) is 0 Å². The molecule has 1 aromatic rings. The first-order chi connectivity index (χ1) is 11.3. The van der Waals surface area contributed by atoms with Gasteiger partial charge in [-0.3, -0.25) is 9.59 Å². The van der Waals surface area contributed by atoms with E-state index in [0.717, 1.165) is 0 Å². The van der Waals surface area contributed by atoms with Gasteiger partial charge < -0.3 is 14.7 Å². The van der Waals surface area contributed by atoms with E-state index in [0.29, 0.717) is 0 Å². The standard InChI is InChI=1S/C16H18F3NO4/c17-16(18,19)13(11-4-2-1-3-5-11)9-14(21)20-6-7-24-12(10-20)8-15(22)23/h1-5,12-13H,6-10H2,(H,22,23)/t12-,13+/m0/s1. The molecule has 1 N–H and O–H groups in total. The highest BCUT2D eigenvalue weighted by atomic mass is 19.4. The molecule has 1 fully saturated rings. The van der Waals surface area contributed by atoms with E-state index in [-0.39, 0.29) is 31.7 Å². The maximum atomic E-state index is 13.3. The Morgan fingerprint density at radius 1 is 1.29 bits per heavy atom. The fourth-order valence-electron chi connectivity index (χ4n) is 2.68. The molecule has 1 aliphatic heterocycles. The molecule has 0 radical (unpaired) electrons. The fraction of sp³-hybridized carbons (Fsp3) is 0.500. The number of nitrogens with zero attached hydrogens (tertiary/aromatic N) is 1. The molecule has 2 atom stereocenters. The second-order valence-electron chi connectivity index (χ2n) is 5.64. The van der Waals surface area contributed by atoms with Gasteiger partial charge in [-0.2, -0.15) is 13.2 Å². The number of aliphatic carboxylic acids is 1. The third kappa shape index (κ3) is 4.95. The van der Waals surface area contributed by atoms with Crippen LogP contribution < -0.4 is 0 Å². The zero-order valence-electron chi connectivity index (χ0n) is 12.8. The lowest BCUT2D eigenvalue weighted by Crippen LogP contribution is -2.47. The zero-order chi connectivity index (χ0) is 17.7. The molecule has 0 aromatic heterocycles. The number of hydrogen-bond acceptors (Lipinski definition) is 3. The summed E-state index contributed by atoms with van der Waals surface area (Å²) in [6, 6.07) is 7.29. The molecular formula is C16H18F3NO4. The van der Waals surface area contributed by atoms with Gasteiger partial charge in [0.2, 0.25) is 5.91 Å². The maximum Gasteiger partial charge on any atom is 0.396 e. The predicted molar refractivity (Wildman–Crippen MR) is 78.4 cm³/mol. The van der Waals surface area contributed by atoms with Crippen LogP contribution in [-0.2, 0) is 14.3 Å². The van der Waals surface area contributed by atoms with E-state index in [4.69, 9.17) is 9.84 Å². The molecule has 1 saturated heterocycles. The lowest BCUT2D eigenvalue weighted by Gasteiger charge is -2.33. The molecule has 0 saturated carbocycles. The van der Waals surface area contributed by atoms with Crippen molar-refractivity contribution in [2.45, 2.75) is 31.0 Å². The third-order valence-electron chi connectivity index (χ3n) is 3.87. The summed E-state index contributed by atoms with van der Waals surface area (Å²) in [6.07, 6.45) is -6.22. The van der Waals surface area contributed by atoms with Crippen molar-refractivity contribution < 1.29 is 32.6 Å². The van der Waals surface area contributed by atoms with Crippen molar-refractivity contribution in [1.29, 1.82) is 0 Å². The molecule has 0 unspecified atom stereocenters. The lowest BCUT2D eigenvalue weighted by atomic mass is 9.94. The second-order valence-corrected chi connectivity index (χ2v) is 5.64. The number of carboxylic acid groups (broad SMARTS) is 1. The number of alkyl halides is 3. The van der Waals surface area contributed by atoms with Gasteiger partial charge in [-0.15, -0.1) is 0 Å². The van der Waals surface area contributed by atoms with E-state index in [1.54, 1.807) is 6.07 Å². The number of carboxylic acids is 1. The number of benzene rings is 1. The molecule has 132 valence electrons. The van der Waals surface area contributed by atoms with Crippen LogP contribution in [0.5, 0.6) is 0 Å². The van der Waals surface area contributed by atoms with Crippen LogP contribution >= 0.6 is 0 Å². The average Bonchev–Trinajstić information content (AvgIpc) is 2.51. The molecule has 0 spiro atoms. The van der Waals surface area contributed by atoms with Crippen LogP contribution in [0.3, 0.4) is 0 Å². The number of carbonyl (C=O) groups excluding carboxylic acids is 1. The topological polar surface area (TPSA) is 66.8 Å². The highest BCUT2D eigenvalue weighted by Crippen LogP contribution is 2.37. The summed E-state index contributed by atoms with van der Waals surface area (Å²) in [7, 11) is 0. The fourth-order valence-corrected chi connectivity index (χ4v) is 2.68. The molecule has 1 amide bonds. The van der Waals surface area contributed by atoms with E-state index in [1.165, 1.54) is 29.2 Å². The first-order valence-electron chi connectivity index (χ1n) is 7.50. The van der Waals surface area contributed by atoms with Gasteiger partial charge in [0.15, 0.2) is 0 Å². The Morgan fingerprint density at radius 3 is 2.54 bits per heavy atom. The largest absolute Gasteiger partial charge is 0.481 e. The summed E-state index contributed by atoms with van der Waals surface area (Å²) in [5, 5.41) is 8.76. The molecule has 2 rings (SSSR count). The van der Waals surface area contributed by atoms with Crippen molar-refractivity contribution in [3.63, 3.8) is 0 Å². The first kappa shape index (κ1) is 18.3. The van der Waals surface area contributed by atoms with Crippen molar-refractivity contribution in [3.8, 4) is 0 Å². The molecule has 1 heterocycles. The molecular weight excluding hydrogens is 327 g/mol. The summed E-state index contributed by atoms with van der Waals surface area (Å²) in [5.74, 6) is -3.61. The molecule has 1 aromatic carbocycles. The van der Waals surface area contributed by atoms with Crippen molar-refractivity contribution in [2.75, 3.05) is 19.7 Å². The Hall–Kier alpha value is -2.09. The Morgan fingerprint density at radius 2 is 1.96 bits per heavy atom. The monoisotopic (exact) mass is 345 g/mol. The Balaban J connectivity index is 2.06. The predicted octanol–water partition coefficient (Wildman–Crippen LogP) is 2.42. The quantitative estimate of drug-likeness (QED) is 0.890. The molecule has 0 bridgehead atoms. The van der Waals surface area contributed by atoms with E-state index < -0.39 is 36.5 Å². The molecule has 1 aliphatic rings. The Labute approximate surface area is 137 Å². The number of amides is 1. The third-order valence-corrected chi connectivity index (χ3v) is 3.87. The van der Waals surface area contributed by atoms with E-state index >= 15 is 0 Å². The molecule has 5 nitrogen and oxygen atoms in total. The van der Waals surface area contributed by atoms with Crippen molar-refractivity contribution in [3.05, 3.63) is 35.9 Å². The molecule has 24 heavy (non-hydrogen) atoms. The highest BCUT2D eigenvalue weighted by molar-refractivity contribution is 5.77. The number of rotatable bonds is 5. The molecule has 8 heteroatoms. The van der Waals surface area contributed by atoms with Crippen LogP contribution in [-0.4, -0.2) is 53.9 Å². The van der Waals surface area contributed by atoms with Crippen LogP contribution in [0.15, 0.2) is 30.3 Å². The average molecular weight is 345 g/mol. The smallest absolute Gasteiger partial charge is 0.396 e. The summed E-state index contributed by atoms with van der Waals surface area (Å²) in [6.45, 7) is 0.268. The second kappa shape index (κ2) is 7.65. The lowest BCUT2D eigenvalue weighted by molar-refractivity contribution is -0.163. The summed E-state index contributed by atoms with van der Waals surface area (Å²) in [5.41, 5.74) is 0.0358. The number of morpholine rings is 1. The summed E-state index contributed by atoms with van der Waals surface area (Å²) in [4.78, 5) is 24.2. The minimum atomic E-state index is -4.54. The van der Waals surface area contributed by atoms with Gasteiger partial charge >= 0.3 is 12.1 Å². The Bertz CT molecular complexity index is 576. The van der Waals surface area contributed by atoms with E-state index in [2.05, 4.69) is 0 Å². The summed E-state index contributed by atoms with van der Waals surface area (Å²) < 4.78 is 45.2. The maximum absolute atomic E-state index is 13.3. The number of halogens is 3. The van der Waals surface area contributed by atoms with Gasteiger partial charge in [-0.05, 0) is 5.56 Å². The van der Waals surface area contributed by atoms with Gasteiger partial charge in [0.1, 0.15) is 0 Å². The van der Waals surface area contributed by atoms with Crippen molar-refractivity contribution in [1.82, 2.24) is 4.90 Å². The molecule has 0 aliphatic carbocycles. The van der Waals surface area contributed by atoms with Crippen LogP contribution in [0.2, 0.25) is 0 Å². The number of carbonyl (C=O) groups is 2. The number of ether oxygens (including phenoxy) is 1. The van der Waals surface area contributed by atoms with Gasteiger partial charge in [0.05, 0.1) is 25.0 Å². The minimum absolute atomic E-state index is 0.00942. The van der Waals surface area contributed by atoms with Crippen molar-refractivity contribution in [2.24, 2.45) is 0 Å². The van der Waals surface area contributed by atoms with Crippen LogP contribution in [0.1, 0.15) is 24.3 Å². The zero-order valence-corrected chi connectivity index (χ0v) is 12.8. The van der Waals surface area contributed by atoms with E-state index in [1.807, 2.05) is 0 Å². The van der Waals surface area contributed by atoms with Gasteiger partial charge in [-0.1, -0.05) is 30.3 Å². The van der Waals surface area contributed by atoms with E-state index in [9.17, 15) is 22.8 Å². The first-order valence-corrected chi connectivity index (χ1v) is 7.50. The summed E-state index contributed by atoms with van der Waals surface area (Å²) >= 11 is 0. The van der Waals surface area contributed by atoms with Gasteiger partial charge in [0, 0.05) is 19.5 Å². The van der Waals surface area contributed by atoms with Crippen molar-refractivity contribution >= 4 is 11.9 Å². The Kier molecular flexibility index (Phi) is 5.82. The van der Waals surface area contributed by atoms with Crippen LogP contribution in [0.25, 0.3) is 0 Å².